The van der Waals surface area contributed by atoms with E-state index in [1.165, 1.54) is 0 Å². The fraction of sp³-hybridized carbons (Fsp3) is 1.00. The van der Waals surface area contributed by atoms with E-state index >= 15 is 0 Å². The van der Waals surface area contributed by atoms with Crippen LogP contribution in [-0.2, 0) is 15.2 Å². The van der Waals surface area contributed by atoms with Gasteiger partial charge in [-0.2, -0.15) is 11.8 Å². The Morgan fingerprint density at radius 2 is 1.86 bits per heavy atom. The molecule has 6 heteroatoms. The summed E-state index contributed by atoms with van der Waals surface area (Å²) in [6, 6.07) is 0. The van der Waals surface area contributed by atoms with Crippen LogP contribution in [0.2, 0.25) is 0 Å². The summed E-state index contributed by atoms with van der Waals surface area (Å²) in [6.07, 6.45) is 2.15. The first-order valence-corrected chi connectivity index (χ1v) is 8.01. The highest BCUT2D eigenvalue weighted by Gasteiger charge is 2.10. The number of hydrogen-bond donors (Lipinski definition) is 1. The maximum Gasteiger partial charge on any atom is 0.258 e. The lowest BCUT2D eigenvalue weighted by molar-refractivity contribution is 0.328. The first kappa shape index (κ1) is 14.6. The smallest absolute Gasteiger partial charge is 0.257 e. The van der Waals surface area contributed by atoms with Crippen LogP contribution in [0.4, 0.5) is 0 Å². The van der Waals surface area contributed by atoms with Crippen molar-refractivity contribution in [1.29, 1.82) is 0 Å². The van der Waals surface area contributed by atoms with Gasteiger partial charge < -0.3 is 0 Å². The molecule has 0 rings (SSSR count). The summed E-state index contributed by atoms with van der Waals surface area (Å²) in [5.74, 6) is 2.75. The number of rotatable bonds is 9. The van der Waals surface area contributed by atoms with Crippen molar-refractivity contribution in [2.45, 2.75) is 32.1 Å². The van der Waals surface area contributed by atoms with E-state index in [4.69, 9.17) is 4.18 Å². The average molecular weight is 258 g/mol. The minimum Gasteiger partial charge on any atom is -0.257 e. The summed E-state index contributed by atoms with van der Waals surface area (Å²) in [7, 11) is -2.71. The Bertz CT molecular complexity index is 186. The van der Waals surface area contributed by atoms with Gasteiger partial charge in [-0.15, -0.1) is 11.8 Å². The highest BCUT2D eigenvalue weighted by Crippen LogP contribution is 2.19. The molecule has 1 atom stereocenters. The fourth-order valence-corrected chi connectivity index (χ4v) is 3.49. The summed E-state index contributed by atoms with van der Waals surface area (Å²) in [5, 5.41) is 0. The zero-order valence-electron chi connectivity index (χ0n) is 8.60. The van der Waals surface area contributed by atoms with Crippen molar-refractivity contribution in [3.05, 3.63) is 0 Å². The molecule has 86 valence electrons. The predicted octanol–water partition coefficient (Wildman–Crippen LogP) is 2.14. The first-order chi connectivity index (χ1) is 6.70. The second-order valence-electron chi connectivity index (χ2n) is 2.70. The van der Waals surface area contributed by atoms with Gasteiger partial charge in [0.05, 0.1) is 0 Å². The predicted molar refractivity (Wildman–Crippen MR) is 65.6 cm³/mol. The minimum absolute atomic E-state index is 0.201. The molecule has 0 fully saturated rings. The standard InChI is InChI=1S/C8H18O3S3/c1-3-5-12-7-8(11-14(9)10)13-6-4-2/h8,14H,3-7H2,1-2H3. The topological polar surface area (TPSA) is 43.4 Å². The number of hydrogen-bond acceptors (Lipinski definition) is 5. The van der Waals surface area contributed by atoms with Crippen LogP contribution in [0.1, 0.15) is 26.7 Å². The molecular weight excluding hydrogens is 240 g/mol. The van der Waals surface area contributed by atoms with Gasteiger partial charge in [0, 0.05) is 5.75 Å². The van der Waals surface area contributed by atoms with E-state index in [0.717, 1.165) is 30.1 Å². The third-order valence-electron chi connectivity index (χ3n) is 1.31. The van der Waals surface area contributed by atoms with Gasteiger partial charge in [-0.3, -0.25) is 4.18 Å². The molecule has 0 aromatic carbocycles. The lowest BCUT2D eigenvalue weighted by atomic mass is 10.6. The highest BCUT2D eigenvalue weighted by atomic mass is 32.2. The third-order valence-corrected chi connectivity index (χ3v) is 4.61. The van der Waals surface area contributed by atoms with Crippen LogP contribution in [0.25, 0.3) is 0 Å². The second kappa shape index (κ2) is 10.1. The molecule has 0 spiro atoms. The number of thioether (sulfide) groups is 2. The molecule has 0 heterocycles. The summed E-state index contributed by atoms with van der Waals surface area (Å²) < 4.78 is 25.6. The quantitative estimate of drug-likeness (QED) is 0.390. The highest BCUT2D eigenvalue weighted by molar-refractivity contribution is 8.03. The van der Waals surface area contributed by atoms with Gasteiger partial charge in [-0.1, -0.05) is 13.8 Å². The summed E-state index contributed by atoms with van der Waals surface area (Å²) in [4.78, 5) is 0. The molecule has 0 radical (unpaired) electrons. The van der Waals surface area contributed by atoms with Gasteiger partial charge >= 0.3 is 0 Å². The van der Waals surface area contributed by atoms with Crippen LogP contribution in [0, 0.1) is 0 Å². The van der Waals surface area contributed by atoms with Crippen LogP contribution in [-0.4, -0.2) is 31.1 Å². The van der Waals surface area contributed by atoms with Crippen molar-refractivity contribution in [2.24, 2.45) is 0 Å². The van der Waals surface area contributed by atoms with Gasteiger partial charge in [0.25, 0.3) is 11.0 Å². The molecule has 0 saturated heterocycles. The Kier molecular flexibility index (Phi) is 10.6. The van der Waals surface area contributed by atoms with E-state index in [2.05, 4.69) is 13.8 Å². The van der Waals surface area contributed by atoms with Crippen molar-refractivity contribution in [1.82, 2.24) is 0 Å². The summed E-state index contributed by atoms with van der Waals surface area (Å²) in [6.45, 7) is 4.18. The van der Waals surface area contributed by atoms with E-state index in [9.17, 15) is 8.42 Å². The van der Waals surface area contributed by atoms with Crippen LogP contribution < -0.4 is 0 Å². The van der Waals surface area contributed by atoms with Gasteiger partial charge in [-0.25, -0.2) is 8.42 Å². The molecule has 0 bridgehead atoms. The molecule has 0 saturated carbocycles. The number of thiol groups is 1. The lowest BCUT2D eigenvalue weighted by Gasteiger charge is -2.12. The normalized spacial score (nSPS) is 13.4. The fourth-order valence-electron chi connectivity index (χ4n) is 0.778. The third kappa shape index (κ3) is 9.18. The van der Waals surface area contributed by atoms with Crippen molar-refractivity contribution in [2.75, 3.05) is 17.3 Å². The zero-order valence-corrected chi connectivity index (χ0v) is 11.1. The molecular formula is C8H18O3S3. The molecule has 0 aliphatic rings. The molecule has 3 nitrogen and oxygen atoms in total. The van der Waals surface area contributed by atoms with E-state index < -0.39 is 11.0 Å². The maximum atomic E-state index is 10.4. The first-order valence-electron chi connectivity index (χ1n) is 4.71. The molecule has 0 aliphatic heterocycles. The van der Waals surface area contributed by atoms with E-state index in [0.29, 0.717) is 0 Å². The van der Waals surface area contributed by atoms with Gasteiger partial charge in [0.1, 0.15) is 5.44 Å². The molecule has 0 aromatic heterocycles. The van der Waals surface area contributed by atoms with Crippen LogP contribution in [0.3, 0.4) is 0 Å². The molecule has 0 amide bonds. The zero-order chi connectivity index (χ0) is 10.8. The van der Waals surface area contributed by atoms with Crippen molar-refractivity contribution in [3.8, 4) is 0 Å². The largest absolute Gasteiger partial charge is 0.258 e. The van der Waals surface area contributed by atoms with Crippen LogP contribution in [0.15, 0.2) is 0 Å². The monoisotopic (exact) mass is 258 g/mol. The average Bonchev–Trinajstić information content (AvgIpc) is 2.13. The van der Waals surface area contributed by atoms with Gasteiger partial charge in [0.15, 0.2) is 0 Å². The second-order valence-corrected chi connectivity index (χ2v) is 5.78. The Morgan fingerprint density at radius 1 is 1.21 bits per heavy atom. The molecule has 0 N–H and O–H groups in total. The van der Waals surface area contributed by atoms with Crippen LogP contribution in [0.5, 0.6) is 0 Å². The lowest BCUT2D eigenvalue weighted by Crippen LogP contribution is -2.11. The van der Waals surface area contributed by atoms with E-state index in [1.54, 1.807) is 23.5 Å². The Morgan fingerprint density at radius 3 is 2.36 bits per heavy atom. The molecule has 0 aromatic rings. The summed E-state index contributed by atoms with van der Waals surface area (Å²) in [5.41, 5.74) is -0.201. The Hall–Kier alpha value is 0.610. The molecule has 0 aliphatic carbocycles. The van der Waals surface area contributed by atoms with Crippen molar-refractivity contribution < 1.29 is 12.6 Å². The van der Waals surface area contributed by atoms with Crippen molar-refractivity contribution >= 4 is 34.5 Å². The molecule has 14 heavy (non-hydrogen) atoms. The SMILES string of the molecule is CCCSCC(O[SH](=O)=O)SCCC. The Labute approximate surface area is 96.5 Å². The van der Waals surface area contributed by atoms with E-state index in [-0.39, 0.29) is 5.44 Å². The molecule has 1 unspecified atom stereocenters. The van der Waals surface area contributed by atoms with Crippen molar-refractivity contribution in [3.63, 3.8) is 0 Å². The van der Waals surface area contributed by atoms with Crippen LogP contribution >= 0.6 is 23.5 Å². The Balaban J connectivity index is 3.71. The van der Waals surface area contributed by atoms with Gasteiger partial charge in [-0.05, 0) is 24.3 Å². The van der Waals surface area contributed by atoms with Gasteiger partial charge in [0.2, 0.25) is 0 Å². The maximum absolute atomic E-state index is 10.4. The summed E-state index contributed by atoms with van der Waals surface area (Å²) >= 11 is 3.31. The van der Waals surface area contributed by atoms with E-state index in [1.807, 2.05) is 0 Å². The minimum atomic E-state index is -2.71.